The third kappa shape index (κ3) is 3.67. The minimum absolute atomic E-state index is 0.422. The predicted molar refractivity (Wildman–Crippen MR) is 125 cm³/mol. The number of benzene rings is 2. The molecule has 4 amide bonds. The number of urea groups is 1. The van der Waals surface area contributed by atoms with Crippen molar-refractivity contribution in [3.63, 3.8) is 0 Å². The van der Waals surface area contributed by atoms with Crippen LogP contribution >= 0.6 is 0 Å². The second-order valence-corrected chi connectivity index (χ2v) is 8.70. The lowest BCUT2D eigenvalue weighted by Crippen LogP contribution is -2.43. The van der Waals surface area contributed by atoms with Crippen molar-refractivity contribution in [1.29, 1.82) is 0 Å². The Hall–Kier alpha value is -4.20. The lowest BCUT2D eigenvalue weighted by atomic mass is 9.92. The van der Waals surface area contributed by atoms with Gasteiger partial charge in [0.15, 0.2) is 0 Å². The Morgan fingerprint density at radius 1 is 1.09 bits per heavy atom. The van der Waals surface area contributed by atoms with Gasteiger partial charge in [-0.05, 0) is 37.1 Å². The number of amides is 4. The fraction of sp³-hybridized carbons (Fsp3) is 0.231. The van der Waals surface area contributed by atoms with E-state index in [2.05, 4.69) is 10.4 Å². The van der Waals surface area contributed by atoms with Crippen LogP contribution in [-0.2, 0) is 15.1 Å². The Kier molecular flexibility index (Phi) is 5.28. The second-order valence-electron chi connectivity index (χ2n) is 8.70. The molecule has 172 valence electrons. The second kappa shape index (κ2) is 8.30. The lowest BCUT2D eigenvalue weighted by Gasteiger charge is -2.24. The predicted octanol–water partition coefficient (Wildman–Crippen LogP) is 3.73. The van der Waals surface area contributed by atoms with Gasteiger partial charge in [-0.1, -0.05) is 60.2 Å². The Labute approximate surface area is 196 Å². The summed E-state index contributed by atoms with van der Waals surface area (Å²) in [7, 11) is 0. The van der Waals surface area contributed by atoms with Crippen molar-refractivity contribution in [3.8, 4) is 0 Å². The molecule has 0 spiro atoms. The molecule has 1 N–H and O–H groups in total. The van der Waals surface area contributed by atoms with E-state index in [9.17, 15) is 14.4 Å². The first kappa shape index (κ1) is 21.6. The molecule has 8 nitrogen and oxygen atoms in total. The van der Waals surface area contributed by atoms with E-state index in [1.807, 2.05) is 37.3 Å². The molecule has 1 fully saturated rings. The van der Waals surface area contributed by atoms with Crippen molar-refractivity contribution < 1.29 is 18.8 Å². The Bertz CT molecular complexity index is 1270. The van der Waals surface area contributed by atoms with Crippen molar-refractivity contribution in [2.75, 3.05) is 6.54 Å². The highest BCUT2D eigenvalue weighted by molar-refractivity contribution is 6.09. The van der Waals surface area contributed by atoms with Gasteiger partial charge in [-0.25, -0.2) is 9.80 Å². The average Bonchev–Trinajstić information content (AvgIpc) is 3.56. The summed E-state index contributed by atoms with van der Waals surface area (Å²) >= 11 is 0. The van der Waals surface area contributed by atoms with Gasteiger partial charge in [0.1, 0.15) is 23.9 Å². The first-order chi connectivity index (χ1) is 16.4. The zero-order valence-electron chi connectivity index (χ0n) is 18.9. The van der Waals surface area contributed by atoms with Crippen LogP contribution in [0.25, 0.3) is 0 Å². The van der Waals surface area contributed by atoms with Gasteiger partial charge >= 0.3 is 6.03 Å². The van der Waals surface area contributed by atoms with E-state index in [0.717, 1.165) is 21.7 Å². The molecule has 0 unspecified atom stereocenters. The first-order valence-electron chi connectivity index (χ1n) is 11.1. The van der Waals surface area contributed by atoms with Crippen molar-refractivity contribution in [2.24, 2.45) is 5.10 Å². The van der Waals surface area contributed by atoms with Crippen molar-refractivity contribution >= 4 is 23.6 Å². The van der Waals surface area contributed by atoms with E-state index in [1.54, 1.807) is 49.6 Å². The van der Waals surface area contributed by atoms with Crippen molar-refractivity contribution in [2.45, 2.75) is 31.8 Å². The Morgan fingerprint density at radius 3 is 2.50 bits per heavy atom. The maximum absolute atomic E-state index is 13.4. The molecule has 0 radical (unpaired) electrons. The number of nitrogens with one attached hydrogen (secondary N) is 1. The minimum atomic E-state index is -1.24. The average molecular weight is 457 g/mol. The molecule has 2 aliphatic rings. The van der Waals surface area contributed by atoms with Crippen molar-refractivity contribution in [1.82, 2.24) is 15.2 Å². The van der Waals surface area contributed by atoms with E-state index >= 15 is 0 Å². The molecular formula is C26H24N4O4. The molecule has 5 rings (SSSR count). The van der Waals surface area contributed by atoms with E-state index in [0.29, 0.717) is 17.7 Å². The Morgan fingerprint density at radius 2 is 1.82 bits per heavy atom. The van der Waals surface area contributed by atoms with E-state index < -0.39 is 36.0 Å². The number of rotatable bonds is 5. The first-order valence-corrected chi connectivity index (χ1v) is 11.1. The molecule has 1 saturated heterocycles. The highest BCUT2D eigenvalue weighted by Gasteiger charge is 2.50. The zero-order valence-corrected chi connectivity index (χ0v) is 18.9. The summed E-state index contributed by atoms with van der Waals surface area (Å²) in [5.41, 5.74) is 2.18. The van der Waals surface area contributed by atoms with Crippen LogP contribution in [-0.4, -0.2) is 40.0 Å². The summed E-state index contributed by atoms with van der Waals surface area (Å²) in [6, 6.07) is 19.4. The summed E-state index contributed by atoms with van der Waals surface area (Å²) in [5.74, 6) is -0.358. The molecule has 3 heterocycles. The van der Waals surface area contributed by atoms with Crippen LogP contribution in [0.4, 0.5) is 4.79 Å². The lowest BCUT2D eigenvalue weighted by molar-refractivity contribution is -0.140. The number of imide groups is 1. The van der Waals surface area contributed by atoms with Gasteiger partial charge in [0, 0.05) is 6.42 Å². The largest absolute Gasteiger partial charge is 0.467 e. The highest BCUT2D eigenvalue weighted by atomic mass is 16.3. The third-order valence-corrected chi connectivity index (χ3v) is 6.34. The third-order valence-electron chi connectivity index (χ3n) is 6.34. The summed E-state index contributed by atoms with van der Waals surface area (Å²) in [4.78, 5) is 40.3. The van der Waals surface area contributed by atoms with Gasteiger partial charge in [-0.3, -0.25) is 14.5 Å². The molecule has 34 heavy (non-hydrogen) atoms. The minimum Gasteiger partial charge on any atom is -0.467 e. The van der Waals surface area contributed by atoms with Gasteiger partial charge < -0.3 is 9.73 Å². The quantitative estimate of drug-likeness (QED) is 0.592. The van der Waals surface area contributed by atoms with Gasteiger partial charge in [-0.2, -0.15) is 5.10 Å². The number of nitrogens with zero attached hydrogens (tertiary/aromatic N) is 3. The van der Waals surface area contributed by atoms with Crippen LogP contribution in [0.3, 0.4) is 0 Å². The summed E-state index contributed by atoms with van der Waals surface area (Å²) < 4.78 is 5.58. The zero-order chi connectivity index (χ0) is 23.9. The molecule has 2 atom stereocenters. The number of carbonyl (C=O) groups excluding carboxylic acids is 3. The van der Waals surface area contributed by atoms with Crippen LogP contribution < -0.4 is 5.32 Å². The number of aryl methyl sites for hydroxylation is 1. The molecular weight excluding hydrogens is 432 g/mol. The molecule has 1 aromatic heterocycles. The molecule has 0 aliphatic carbocycles. The fourth-order valence-electron chi connectivity index (χ4n) is 4.38. The topological polar surface area (TPSA) is 95.2 Å². The van der Waals surface area contributed by atoms with Gasteiger partial charge in [0.25, 0.3) is 11.8 Å². The number of hydrogen-bond acceptors (Lipinski definition) is 5. The van der Waals surface area contributed by atoms with Crippen molar-refractivity contribution in [3.05, 3.63) is 95.4 Å². The van der Waals surface area contributed by atoms with E-state index in [-0.39, 0.29) is 0 Å². The highest BCUT2D eigenvalue weighted by Crippen LogP contribution is 2.34. The monoisotopic (exact) mass is 456 g/mol. The van der Waals surface area contributed by atoms with Crippen LogP contribution in [0.2, 0.25) is 0 Å². The maximum atomic E-state index is 13.4. The van der Waals surface area contributed by atoms with Gasteiger partial charge in [0.2, 0.25) is 0 Å². The standard InChI is InChI=1S/C26H24N4O4/c1-17-10-12-18(13-11-17)20-15-21(22-9-6-14-34-22)30(28-20)23(31)16-29-24(32)26(2,27-25(29)33)19-7-4-3-5-8-19/h3-14,21H,15-16H2,1-2H3,(H,27,33)/t21-,26+/m1/s1. The summed E-state index contributed by atoms with van der Waals surface area (Å²) in [6.45, 7) is 3.22. The van der Waals surface area contributed by atoms with Gasteiger partial charge in [-0.15, -0.1) is 0 Å². The molecule has 3 aromatic rings. The summed E-state index contributed by atoms with van der Waals surface area (Å²) in [6.07, 6.45) is 2.01. The van der Waals surface area contributed by atoms with Gasteiger partial charge in [0.05, 0.1) is 12.0 Å². The van der Waals surface area contributed by atoms with Crippen LogP contribution in [0.1, 0.15) is 41.8 Å². The summed E-state index contributed by atoms with van der Waals surface area (Å²) in [5, 5.41) is 8.64. The molecule has 2 aromatic carbocycles. The smallest absolute Gasteiger partial charge is 0.325 e. The van der Waals surface area contributed by atoms with E-state index in [1.165, 1.54) is 5.01 Å². The van der Waals surface area contributed by atoms with Crippen LogP contribution in [0.5, 0.6) is 0 Å². The number of hydrazone groups is 1. The normalized spacial score (nSPS) is 22.2. The number of hydrogen-bond donors (Lipinski definition) is 1. The maximum Gasteiger partial charge on any atom is 0.325 e. The SMILES string of the molecule is Cc1ccc(C2=NN(C(=O)CN3C(=O)N[C@@](C)(c4ccccc4)C3=O)[C@@H](c3ccco3)C2)cc1. The number of carbonyl (C=O) groups is 3. The number of furan rings is 1. The van der Waals surface area contributed by atoms with Crippen LogP contribution in [0.15, 0.2) is 82.5 Å². The molecule has 2 aliphatic heterocycles. The molecule has 8 heteroatoms. The fourth-order valence-corrected chi connectivity index (χ4v) is 4.38. The Balaban J connectivity index is 1.41. The molecule has 0 bridgehead atoms. The molecule has 0 saturated carbocycles. The van der Waals surface area contributed by atoms with E-state index in [4.69, 9.17) is 4.42 Å². The van der Waals surface area contributed by atoms with Crippen LogP contribution in [0, 0.1) is 6.92 Å².